The van der Waals surface area contributed by atoms with Crippen molar-refractivity contribution in [3.63, 3.8) is 0 Å². The van der Waals surface area contributed by atoms with Crippen molar-refractivity contribution < 1.29 is 24.2 Å². The van der Waals surface area contributed by atoms with Crippen LogP contribution in [0.15, 0.2) is 48.5 Å². The molecule has 2 aromatic carbocycles. The molecule has 0 aromatic heterocycles. The molecule has 9 heteroatoms. The lowest BCUT2D eigenvalue weighted by Gasteiger charge is -2.32. The molecule has 3 aliphatic rings. The molecule has 2 aromatic rings. The summed E-state index contributed by atoms with van der Waals surface area (Å²) in [5, 5.41) is 18.5. The molecule has 3 amide bonds. The van der Waals surface area contributed by atoms with Crippen LogP contribution in [-0.2, 0) is 33.6 Å². The van der Waals surface area contributed by atoms with E-state index in [-0.39, 0.29) is 30.4 Å². The minimum Gasteiger partial charge on any atom is -0.489 e. The molecule has 4 N–H and O–H groups in total. The minimum absolute atomic E-state index is 0.0477. The number of amides is 3. The van der Waals surface area contributed by atoms with Crippen molar-refractivity contribution in [1.29, 1.82) is 0 Å². The van der Waals surface area contributed by atoms with Crippen molar-refractivity contribution in [3.8, 4) is 5.75 Å². The molecule has 5 rings (SSSR count). The van der Waals surface area contributed by atoms with Crippen molar-refractivity contribution in [3.05, 3.63) is 65.2 Å². The summed E-state index contributed by atoms with van der Waals surface area (Å²) in [5.41, 5.74) is 3.74. The number of carbonyl (C=O) groups is 3. The zero-order valence-electron chi connectivity index (χ0n) is 24.2. The molecule has 222 valence electrons. The van der Waals surface area contributed by atoms with Gasteiger partial charge in [-0.3, -0.25) is 14.4 Å². The number of aryl methyl sites for hydroxylation is 3. The molecule has 1 saturated carbocycles. The highest BCUT2D eigenvalue weighted by atomic mass is 16.5. The number of para-hydroxylation sites is 1. The van der Waals surface area contributed by atoms with E-state index in [1.165, 1.54) is 23.1 Å². The van der Waals surface area contributed by atoms with E-state index in [9.17, 15) is 19.5 Å². The Morgan fingerprint density at radius 1 is 0.951 bits per heavy atom. The lowest BCUT2D eigenvalue weighted by Crippen LogP contribution is -2.57. The number of aliphatic hydroxyl groups excluding tert-OH is 1. The molecule has 2 bridgehead atoms. The lowest BCUT2D eigenvalue weighted by molar-refractivity contribution is -0.142. The molecule has 3 unspecified atom stereocenters. The maximum Gasteiger partial charge on any atom is 0.245 e. The number of likely N-dealkylation sites (N-methyl/N-ethyl adjacent to an activating group) is 1. The first-order valence-corrected chi connectivity index (χ1v) is 14.9. The fourth-order valence-corrected chi connectivity index (χ4v) is 5.33. The zero-order chi connectivity index (χ0) is 29.2. The van der Waals surface area contributed by atoms with Gasteiger partial charge >= 0.3 is 0 Å². The Balaban J connectivity index is 0.000000417. The summed E-state index contributed by atoms with van der Waals surface area (Å²) in [7, 11) is 1.53. The van der Waals surface area contributed by atoms with Crippen LogP contribution in [0.1, 0.15) is 49.3 Å². The van der Waals surface area contributed by atoms with Gasteiger partial charge in [-0.05, 0) is 67.6 Å². The van der Waals surface area contributed by atoms with E-state index in [1.807, 2.05) is 12.1 Å². The summed E-state index contributed by atoms with van der Waals surface area (Å²) in [6.07, 6.45) is 6.30. The first-order chi connectivity index (χ1) is 19.9. The number of aliphatic hydroxyl groups is 1. The topological polar surface area (TPSA) is 120 Å². The van der Waals surface area contributed by atoms with Crippen molar-refractivity contribution in [2.24, 2.45) is 5.92 Å². The number of ether oxygens (including phenoxy) is 1. The van der Waals surface area contributed by atoms with Gasteiger partial charge in [-0.15, -0.1) is 0 Å². The van der Waals surface area contributed by atoms with Gasteiger partial charge in [0, 0.05) is 20.1 Å². The SMILES string of the molecule is CCc1ccccc1.CN1C(=O)C(C2CC2)NCC2CCc3cccc(c3O2)CCCNC(=O)CNC(=O)C1CO. The zero-order valence-corrected chi connectivity index (χ0v) is 24.2. The van der Waals surface area contributed by atoms with Crippen LogP contribution in [0, 0.1) is 5.92 Å². The van der Waals surface area contributed by atoms with Crippen LogP contribution < -0.4 is 20.7 Å². The second-order valence-electron chi connectivity index (χ2n) is 11.1. The van der Waals surface area contributed by atoms with Gasteiger partial charge in [0.15, 0.2) is 0 Å². The number of nitrogens with one attached hydrogen (secondary N) is 3. The van der Waals surface area contributed by atoms with Gasteiger partial charge in [-0.1, -0.05) is 55.5 Å². The Labute approximate surface area is 243 Å². The predicted molar refractivity (Wildman–Crippen MR) is 157 cm³/mol. The van der Waals surface area contributed by atoms with E-state index >= 15 is 0 Å². The van der Waals surface area contributed by atoms with Crippen LogP contribution in [0.5, 0.6) is 5.75 Å². The largest absolute Gasteiger partial charge is 0.489 e. The number of benzene rings is 2. The number of rotatable bonds is 3. The minimum atomic E-state index is -1.05. The van der Waals surface area contributed by atoms with E-state index in [2.05, 4.69) is 59.3 Å². The van der Waals surface area contributed by atoms with Crippen LogP contribution in [0.3, 0.4) is 0 Å². The van der Waals surface area contributed by atoms with Gasteiger partial charge in [0.2, 0.25) is 17.7 Å². The van der Waals surface area contributed by atoms with E-state index in [4.69, 9.17) is 4.74 Å². The molecule has 1 fully saturated rings. The number of fused-ring (bicyclic) bond motifs is 1. The highest BCUT2D eigenvalue weighted by molar-refractivity contribution is 5.92. The predicted octanol–water partition coefficient (Wildman–Crippen LogP) is 2.00. The van der Waals surface area contributed by atoms with Gasteiger partial charge < -0.3 is 30.7 Å². The smallest absolute Gasteiger partial charge is 0.245 e. The number of hydrogen-bond donors (Lipinski definition) is 4. The van der Waals surface area contributed by atoms with Gasteiger partial charge in [0.1, 0.15) is 17.9 Å². The summed E-state index contributed by atoms with van der Waals surface area (Å²) in [4.78, 5) is 39.3. The Kier molecular flexibility index (Phi) is 11.2. The third kappa shape index (κ3) is 8.53. The summed E-state index contributed by atoms with van der Waals surface area (Å²) >= 11 is 0. The highest BCUT2D eigenvalue weighted by Gasteiger charge is 2.40. The molecule has 2 heterocycles. The lowest BCUT2D eigenvalue weighted by atomic mass is 9.97. The van der Waals surface area contributed by atoms with E-state index in [0.717, 1.165) is 56.3 Å². The average molecular weight is 565 g/mol. The molecule has 41 heavy (non-hydrogen) atoms. The molecule has 1 aliphatic carbocycles. The van der Waals surface area contributed by atoms with Crippen LogP contribution in [-0.4, -0.2) is 79.2 Å². The molecular formula is C32H44N4O5. The molecule has 0 spiro atoms. The molecule has 0 saturated heterocycles. The van der Waals surface area contributed by atoms with E-state index in [1.54, 1.807) is 0 Å². The third-order valence-electron chi connectivity index (χ3n) is 8.03. The van der Waals surface area contributed by atoms with E-state index < -0.39 is 24.6 Å². The molecule has 0 radical (unpaired) electrons. The fraction of sp³-hybridized carbons (Fsp3) is 0.531. The second-order valence-corrected chi connectivity index (χ2v) is 11.1. The van der Waals surface area contributed by atoms with Crippen LogP contribution >= 0.6 is 0 Å². The molecule has 3 atom stereocenters. The summed E-state index contributed by atoms with van der Waals surface area (Å²) < 4.78 is 6.37. The van der Waals surface area contributed by atoms with Crippen molar-refractivity contribution in [1.82, 2.24) is 20.9 Å². The summed E-state index contributed by atoms with van der Waals surface area (Å²) in [6, 6.07) is 15.2. The molecular weight excluding hydrogens is 520 g/mol. The first-order valence-electron chi connectivity index (χ1n) is 14.9. The van der Waals surface area contributed by atoms with Crippen molar-refractivity contribution in [2.45, 2.75) is 70.1 Å². The second kappa shape index (κ2) is 15.0. The third-order valence-corrected chi connectivity index (χ3v) is 8.03. The van der Waals surface area contributed by atoms with Crippen LogP contribution in [0.2, 0.25) is 0 Å². The van der Waals surface area contributed by atoms with Crippen LogP contribution in [0.25, 0.3) is 0 Å². The monoisotopic (exact) mass is 564 g/mol. The van der Waals surface area contributed by atoms with Crippen LogP contribution in [0.4, 0.5) is 0 Å². The average Bonchev–Trinajstić information content (AvgIpc) is 3.84. The fourth-order valence-electron chi connectivity index (χ4n) is 5.33. The Hall–Kier alpha value is -3.43. The maximum absolute atomic E-state index is 13.3. The van der Waals surface area contributed by atoms with E-state index in [0.29, 0.717) is 13.1 Å². The van der Waals surface area contributed by atoms with Gasteiger partial charge in [-0.25, -0.2) is 0 Å². The standard InChI is InChI=1S/C24H34N4O5.C8H10/c1-28-19(14-29)23(31)27-13-20(30)25-11-3-6-16-4-2-5-17-9-10-18(33-22(16)17)12-26-21(24(28)32)15-7-8-15;1-2-8-6-4-3-5-7-8/h2,4-5,15,18-19,21,26,29H,3,6-14H2,1H3,(H,25,30)(H,27,31);3-7H,2H2,1H3. The number of carbonyl (C=O) groups excluding carboxylic acids is 3. The highest BCUT2D eigenvalue weighted by Crippen LogP contribution is 2.35. The van der Waals surface area contributed by atoms with Gasteiger partial charge in [0.05, 0.1) is 19.2 Å². The van der Waals surface area contributed by atoms with Crippen molar-refractivity contribution >= 4 is 17.7 Å². The Bertz CT molecular complexity index is 1170. The van der Waals surface area contributed by atoms with Gasteiger partial charge in [0.25, 0.3) is 0 Å². The Morgan fingerprint density at radius 2 is 1.68 bits per heavy atom. The normalized spacial score (nSPS) is 24.0. The quantitative estimate of drug-likeness (QED) is 0.453. The van der Waals surface area contributed by atoms with Crippen molar-refractivity contribution in [2.75, 3.05) is 33.3 Å². The summed E-state index contributed by atoms with van der Waals surface area (Å²) in [6.45, 7) is 2.47. The van der Waals surface area contributed by atoms with Gasteiger partial charge in [-0.2, -0.15) is 0 Å². The summed E-state index contributed by atoms with van der Waals surface area (Å²) in [5.74, 6) is 0.0663. The molecule has 9 nitrogen and oxygen atoms in total. The Morgan fingerprint density at radius 3 is 2.34 bits per heavy atom. The maximum atomic E-state index is 13.3. The molecule has 2 aliphatic heterocycles. The first kappa shape index (κ1) is 30.5. The number of nitrogens with zero attached hydrogens (tertiary/aromatic N) is 1. The number of hydrogen-bond acceptors (Lipinski definition) is 6.